The molecular formula is C29H32ClN3O2. The minimum Gasteiger partial charge on any atom is -0.492 e. The van der Waals surface area contributed by atoms with Gasteiger partial charge in [-0.25, -0.2) is 4.98 Å². The minimum atomic E-state index is 0.0507. The molecule has 1 amide bonds. The molecule has 0 bridgehead atoms. The van der Waals surface area contributed by atoms with Gasteiger partial charge in [0.2, 0.25) is 5.91 Å². The molecule has 0 fully saturated rings. The maximum absolute atomic E-state index is 12.4. The van der Waals surface area contributed by atoms with Crippen LogP contribution in [0.25, 0.3) is 11.0 Å². The Morgan fingerprint density at radius 3 is 2.49 bits per heavy atom. The zero-order valence-electron chi connectivity index (χ0n) is 20.6. The normalized spacial score (nSPS) is 11.1. The number of halogens is 1. The van der Waals surface area contributed by atoms with Crippen molar-refractivity contribution >= 4 is 28.5 Å². The van der Waals surface area contributed by atoms with Crippen LogP contribution in [0.5, 0.6) is 5.75 Å². The molecule has 0 aliphatic heterocycles. The largest absolute Gasteiger partial charge is 0.492 e. The van der Waals surface area contributed by atoms with E-state index in [0.29, 0.717) is 26.1 Å². The highest BCUT2D eigenvalue weighted by Crippen LogP contribution is 2.26. The summed E-state index contributed by atoms with van der Waals surface area (Å²) in [5, 5.41) is 3.83. The Hall–Kier alpha value is -3.31. The number of para-hydroxylation sites is 2. The van der Waals surface area contributed by atoms with Crippen LogP contribution in [-0.4, -0.2) is 28.6 Å². The van der Waals surface area contributed by atoms with Gasteiger partial charge in [0.1, 0.15) is 18.2 Å². The van der Waals surface area contributed by atoms with Gasteiger partial charge in [-0.15, -0.1) is 0 Å². The minimum absolute atomic E-state index is 0.0507. The number of imidazole rings is 1. The van der Waals surface area contributed by atoms with E-state index >= 15 is 0 Å². The first-order chi connectivity index (χ1) is 16.9. The lowest BCUT2D eigenvalue weighted by Crippen LogP contribution is -2.26. The Balaban J connectivity index is 1.35. The van der Waals surface area contributed by atoms with Crippen LogP contribution in [0.1, 0.15) is 34.5 Å². The van der Waals surface area contributed by atoms with Gasteiger partial charge in [-0.05, 0) is 73.7 Å². The number of ether oxygens (including phenoxy) is 1. The van der Waals surface area contributed by atoms with E-state index in [0.717, 1.165) is 62.7 Å². The van der Waals surface area contributed by atoms with Gasteiger partial charge in [0.15, 0.2) is 0 Å². The van der Waals surface area contributed by atoms with Gasteiger partial charge in [0, 0.05) is 18.0 Å². The predicted octanol–water partition coefficient (Wildman–Crippen LogP) is 5.99. The van der Waals surface area contributed by atoms with Crippen LogP contribution in [0.15, 0.2) is 60.7 Å². The first kappa shape index (κ1) is 24.8. The molecule has 35 heavy (non-hydrogen) atoms. The molecule has 0 aliphatic carbocycles. The van der Waals surface area contributed by atoms with Crippen LogP contribution in [-0.2, 0) is 24.2 Å². The summed E-state index contributed by atoms with van der Waals surface area (Å²) in [6.07, 6.45) is 2.00. The van der Waals surface area contributed by atoms with Gasteiger partial charge < -0.3 is 14.6 Å². The Bertz CT molecular complexity index is 1310. The van der Waals surface area contributed by atoms with Crippen LogP contribution >= 0.6 is 11.6 Å². The number of hydrogen-bond donors (Lipinski definition) is 1. The van der Waals surface area contributed by atoms with E-state index in [1.165, 1.54) is 0 Å². The summed E-state index contributed by atoms with van der Waals surface area (Å²) in [6.45, 7) is 7.85. The Morgan fingerprint density at radius 1 is 1.00 bits per heavy atom. The number of rotatable bonds is 10. The number of carbonyl (C=O) groups excluding carboxylic acids is 1. The van der Waals surface area contributed by atoms with Crippen molar-refractivity contribution in [1.29, 1.82) is 0 Å². The molecule has 182 valence electrons. The summed E-state index contributed by atoms with van der Waals surface area (Å²) in [4.78, 5) is 17.2. The number of aryl methyl sites for hydroxylation is 4. The van der Waals surface area contributed by atoms with Crippen LogP contribution in [0.4, 0.5) is 0 Å². The van der Waals surface area contributed by atoms with Gasteiger partial charge in [-0.3, -0.25) is 4.79 Å². The average Bonchev–Trinajstić information content (AvgIpc) is 3.19. The maximum atomic E-state index is 12.4. The number of nitrogens with zero attached hydrogens (tertiary/aromatic N) is 2. The molecule has 0 radical (unpaired) electrons. The maximum Gasteiger partial charge on any atom is 0.224 e. The Labute approximate surface area is 212 Å². The van der Waals surface area contributed by atoms with Crippen molar-refractivity contribution in [2.24, 2.45) is 0 Å². The van der Waals surface area contributed by atoms with Gasteiger partial charge in [0.05, 0.1) is 24.0 Å². The van der Waals surface area contributed by atoms with Crippen molar-refractivity contribution in [3.8, 4) is 5.75 Å². The Morgan fingerprint density at radius 2 is 1.71 bits per heavy atom. The van der Waals surface area contributed by atoms with E-state index < -0.39 is 0 Å². The molecule has 0 atom stereocenters. The molecule has 6 heteroatoms. The van der Waals surface area contributed by atoms with Gasteiger partial charge in [-0.2, -0.15) is 0 Å². The van der Waals surface area contributed by atoms with Gasteiger partial charge in [-0.1, -0.05) is 48.0 Å². The molecule has 0 unspecified atom stereocenters. The highest BCUT2D eigenvalue weighted by atomic mass is 35.5. The standard InChI is InChI=1S/C29H32ClN3O2/c1-20-9-4-5-10-23(20)19-28(34)31-14-8-13-27-32-25-11-6-7-12-26(25)33(27)15-16-35-24-17-21(2)29(30)22(3)18-24/h4-7,9-12,17-18H,8,13-16,19H2,1-3H3,(H,31,34). The molecule has 3 aromatic carbocycles. The number of amides is 1. The van der Waals surface area contributed by atoms with Crippen LogP contribution in [0.3, 0.4) is 0 Å². The number of aromatic nitrogens is 2. The number of hydrogen-bond acceptors (Lipinski definition) is 3. The second-order valence-corrected chi connectivity index (χ2v) is 9.32. The van der Waals surface area contributed by atoms with Crippen molar-refractivity contribution in [3.63, 3.8) is 0 Å². The smallest absolute Gasteiger partial charge is 0.224 e. The first-order valence-electron chi connectivity index (χ1n) is 12.1. The van der Waals surface area contributed by atoms with Crippen LogP contribution < -0.4 is 10.1 Å². The van der Waals surface area contributed by atoms with E-state index in [1.54, 1.807) is 0 Å². The van der Waals surface area contributed by atoms with Crippen molar-refractivity contribution in [2.75, 3.05) is 13.2 Å². The monoisotopic (exact) mass is 489 g/mol. The highest BCUT2D eigenvalue weighted by Gasteiger charge is 2.12. The zero-order chi connectivity index (χ0) is 24.8. The lowest BCUT2D eigenvalue weighted by Gasteiger charge is -2.13. The number of fused-ring (bicyclic) bond motifs is 1. The zero-order valence-corrected chi connectivity index (χ0v) is 21.4. The fourth-order valence-electron chi connectivity index (χ4n) is 4.33. The molecule has 1 N–H and O–H groups in total. The quantitative estimate of drug-likeness (QED) is 0.278. The first-order valence-corrected chi connectivity index (χ1v) is 12.4. The van der Waals surface area contributed by atoms with Crippen molar-refractivity contribution < 1.29 is 9.53 Å². The summed E-state index contributed by atoms with van der Waals surface area (Å²) in [6, 6.07) is 20.1. The second kappa shape index (κ2) is 11.4. The molecule has 4 rings (SSSR count). The Kier molecular flexibility index (Phi) is 8.09. The molecule has 0 aliphatic rings. The fourth-order valence-corrected chi connectivity index (χ4v) is 4.44. The van der Waals surface area contributed by atoms with Crippen molar-refractivity contribution in [1.82, 2.24) is 14.9 Å². The second-order valence-electron chi connectivity index (χ2n) is 8.94. The molecule has 5 nitrogen and oxygen atoms in total. The third-order valence-corrected chi connectivity index (χ3v) is 6.83. The molecule has 1 heterocycles. The SMILES string of the molecule is Cc1ccccc1CC(=O)NCCCc1nc2ccccc2n1CCOc1cc(C)c(Cl)c(C)c1. The predicted molar refractivity (Wildman–Crippen MR) is 142 cm³/mol. The van der Waals surface area contributed by atoms with E-state index in [2.05, 4.69) is 16.0 Å². The molecule has 1 aromatic heterocycles. The van der Waals surface area contributed by atoms with Gasteiger partial charge >= 0.3 is 0 Å². The summed E-state index contributed by atoms with van der Waals surface area (Å²) in [7, 11) is 0. The topological polar surface area (TPSA) is 56.2 Å². The third-order valence-electron chi connectivity index (χ3n) is 6.24. The highest BCUT2D eigenvalue weighted by molar-refractivity contribution is 6.32. The van der Waals surface area contributed by atoms with E-state index in [4.69, 9.17) is 21.3 Å². The fraction of sp³-hybridized carbons (Fsp3) is 0.310. The lowest BCUT2D eigenvalue weighted by atomic mass is 10.1. The molecule has 0 saturated carbocycles. The number of nitrogens with one attached hydrogen (secondary N) is 1. The lowest BCUT2D eigenvalue weighted by molar-refractivity contribution is -0.120. The number of benzene rings is 3. The molecule has 0 saturated heterocycles. The summed E-state index contributed by atoms with van der Waals surface area (Å²) in [5.41, 5.74) is 6.31. The third kappa shape index (κ3) is 6.23. The summed E-state index contributed by atoms with van der Waals surface area (Å²) in [5.74, 6) is 1.88. The van der Waals surface area contributed by atoms with E-state index in [1.807, 2.05) is 75.4 Å². The van der Waals surface area contributed by atoms with Crippen LogP contribution in [0.2, 0.25) is 5.02 Å². The molecule has 0 spiro atoms. The molecule has 4 aromatic rings. The summed E-state index contributed by atoms with van der Waals surface area (Å²) >= 11 is 6.28. The van der Waals surface area contributed by atoms with Gasteiger partial charge in [0.25, 0.3) is 0 Å². The summed E-state index contributed by atoms with van der Waals surface area (Å²) < 4.78 is 8.28. The van der Waals surface area contributed by atoms with E-state index in [-0.39, 0.29) is 5.91 Å². The number of carbonyl (C=O) groups is 1. The average molecular weight is 490 g/mol. The molecular weight excluding hydrogens is 458 g/mol. The van der Waals surface area contributed by atoms with Crippen molar-refractivity contribution in [3.05, 3.63) is 93.8 Å². The van der Waals surface area contributed by atoms with Crippen molar-refractivity contribution in [2.45, 2.75) is 46.6 Å². The van der Waals surface area contributed by atoms with E-state index in [9.17, 15) is 4.79 Å². The van der Waals surface area contributed by atoms with Crippen LogP contribution in [0, 0.1) is 20.8 Å².